The van der Waals surface area contributed by atoms with Crippen LogP contribution >= 0.6 is 35.3 Å². The molecule has 0 radical (unpaired) electrons. The number of rotatable bonds is 8. The van der Waals surface area contributed by atoms with Gasteiger partial charge in [-0.05, 0) is 42.5 Å². The lowest BCUT2D eigenvalue weighted by atomic mass is 10.2. The molecule has 0 aliphatic rings. The molecule has 0 fully saturated rings. The topological polar surface area (TPSA) is 45.7 Å². The minimum absolute atomic E-state index is 0. The minimum atomic E-state index is -2.82. The second-order valence-corrected chi connectivity index (χ2v) is 6.01. The standard InChI is InChI=1S/C17H21F2N3OS.HI/c1-2-20-17(21-9-8-15-7-4-10-24-15)22-12-13-5-3-6-14(11-13)23-16(18)19;/h3-7,10-11,16H,2,8-9,12H2,1H3,(H2,20,21,22);1H. The van der Waals surface area contributed by atoms with E-state index in [2.05, 4.69) is 31.8 Å². The molecule has 0 atom stereocenters. The Labute approximate surface area is 167 Å². The molecule has 2 N–H and O–H groups in total. The van der Waals surface area contributed by atoms with Crippen molar-refractivity contribution >= 4 is 41.3 Å². The molecule has 4 nitrogen and oxygen atoms in total. The highest BCUT2D eigenvalue weighted by Gasteiger charge is 2.05. The smallest absolute Gasteiger partial charge is 0.387 e. The van der Waals surface area contributed by atoms with Crippen molar-refractivity contribution in [3.8, 4) is 5.75 Å². The number of hydrogen-bond acceptors (Lipinski definition) is 3. The van der Waals surface area contributed by atoms with Crippen molar-refractivity contribution in [1.82, 2.24) is 10.6 Å². The molecule has 138 valence electrons. The van der Waals surface area contributed by atoms with Gasteiger partial charge in [-0.2, -0.15) is 8.78 Å². The third-order valence-corrected chi connectivity index (χ3v) is 4.07. The molecule has 25 heavy (non-hydrogen) atoms. The zero-order valence-corrected chi connectivity index (χ0v) is 17.0. The summed E-state index contributed by atoms with van der Waals surface area (Å²) in [5.41, 5.74) is 0.809. The third kappa shape index (κ3) is 8.48. The molecule has 2 aromatic rings. The summed E-state index contributed by atoms with van der Waals surface area (Å²) in [4.78, 5) is 5.79. The Morgan fingerprint density at radius 2 is 2.08 bits per heavy atom. The predicted molar refractivity (Wildman–Crippen MR) is 109 cm³/mol. The molecule has 0 unspecified atom stereocenters. The summed E-state index contributed by atoms with van der Waals surface area (Å²) in [5.74, 6) is 0.850. The number of aliphatic imine (C=N–C) groups is 1. The Balaban J connectivity index is 0.00000312. The van der Waals surface area contributed by atoms with Crippen LogP contribution in [0.15, 0.2) is 46.8 Å². The lowest BCUT2D eigenvalue weighted by Crippen LogP contribution is -2.38. The van der Waals surface area contributed by atoms with Crippen LogP contribution in [0.5, 0.6) is 5.75 Å². The Morgan fingerprint density at radius 3 is 2.76 bits per heavy atom. The van der Waals surface area contributed by atoms with Crippen LogP contribution in [0, 0.1) is 0 Å². The Bertz CT molecular complexity index is 639. The van der Waals surface area contributed by atoms with Crippen LogP contribution in [0.1, 0.15) is 17.4 Å². The van der Waals surface area contributed by atoms with Crippen LogP contribution in [0.3, 0.4) is 0 Å². The second-order valence-electron chi connectivity index (χ2n) is 4.98. The maximum absolute atomic E-state index is 12.3. The van der Waals surface area contributed by atoms with Crippen LogP contribution in [-0.2, 0) is 13.0 Å². The lowest BCUT2D eigenvalue weighted by molar-refractivity contribution is -0.0498. The van der Waals surface area contributed by atoms with E-state index in [0.29, 0.717) is 12.5 Å². The highest BCUT2D eigenvalue weighted by Crippen LogP contribution is 2.16. The first kappa shape index (κ1) is 21.6. The second kappa shape index (κ2) is 12.0. The summed E-state index contributed by atoms with van der Waals surface area (Å²) in [5, 5.41) is 8.50. The van der Waals surface area contributed by atoms with E-state index in [1.54, 1.807) is 23.5 Å². The quantitative estimate of drug-likeness (QED) is 0.337. The van der Waals surface area contributed by atoms with E-state index in [4.69, 9.17) is 0 Å². The summed E-state index contributed by atoms with van der Waals surface area (Å²) < 4.78 is 28.9. The van der Waals surface area contributed by atoms with Crippen LogP contribution in [0.4, 0.5) is 8.78 Å². The molecular formula is C17H22F2IN3OS. The van der Waals surface area contributed by atoms with Crippen molar-refractivity contribution < 1.29 is 13.5 Å². The van der Waals surface area contributed by atoms with E-state index >= 15 is 0 Å². The van der Waals surface area contributed by atoms with E-state index in [-0.39, 0.29) is 29.7 Å². The molecule has 0 saturated heterocycles. The first-order valence-corrected chi connectivity index (χ1v) is 8.63. The Morgan fingerprint density at radius 1 is 1.24 bits per heavy atom. The van der Waals surface area contributed by atoms with Gasteiger partial charge in [0.2, 0.25) is 0 Å². The van der Waals surface area contributed by atoms with Crippen molar-refractivity contribution in [2.75, 3.05) is 13.1 Å². The van der Waals surface area contributed by atoms with Gasteiger partial charge in [0.05, 0.1) is 6.54 Å². The fourth-order valence-corrected chi connectivity index (χ4v) is 2.80. The van der Waals surface area contributed by atoms with Crippen molar-refractivity contribution in [3.05, 3.63) is 52.2 Å². The van der Waals surface area contributed by atoms with Crippen LogP contribution < -0.4 is 15.4 Å². The summed E-state index contributed by atoms with van der Waals surface area (Å²) in [6.07, 6.45) is 0.930. The zero-order valence-electron chi connectivity index (χ0n) is 13.9. The predicted octanol–water partition coefficient (Wildman–Crippen LogP) is 4.27. The molecule has 0 amide bonds. The van der Waals surface area contributed by atoms with Gasteiger partial charge in [0, 0.05) is 18.0 Å². The molecule has 0 aliphatic heterocycles. The first-order valence-electron chi connectivity index (χ1n) is 7.75. The number of thiophene rings is 1. The fourth-order valence-electron chi connectivity index (χ4n) is 2.09. The van der Waals surface area contributed by atoms with Crippen molar-refractivity contribution in [1.29, 1.82) is 0 Å². The zero-order chi connectivity index (χ0) is 17.2. The number of alkyl halides is 2. The molecular weight excluding hydrogens is 459 g/mol. The Hall–Kier alpha value is -1.42. The van der Waals surface area contributed by atoms with E-state index < -0.39 is 6.61 Å². The lowest BCUT2D eigenvalue weighted by Gasteiger charge is -2.11. The summed E-state index contributed by atoms with van der Waals surface area (Å²) in [7, 11) is 0. The van der Waals surface area contributed by atoms with E-state index in [1.165, 1.54) is 10.9 Å². The molecule has 0 aliphatic carbocycles. The summed E-state index contributed by atoms with van der Waals surface area (Å²) in [6, 6.07) is 10.7. The van der Waals surface area contributed by atoms with E-state index in [9.17, 15) is 8.78 Å². The normalized spacial score (nSPS) is 11.1. The van der Waals surface area contributed by atoms with Crippen molar-refractivity contribution in [2.24, 2.45) is 4.99 Å². The molecule has 1 aromatic heterocycles. The minimum Gasteiger partial charge on any atom is -0.435 e. The average Bonchev–Trinajstić information content (AvgIpc) is 3.06. The number of nitrogens with zero attached hydrogens (tertiary/aromatic N) is 1. The van der Waals surface area contributed by atoms with E-state index in [0.717, 1.165) is 25.1 Å². The van der Waals surface area contributed by atoms with Gasteiger partial charge in [-0.15, -0.1) is 35.3 Å². The molecule has 2 rings (SSSR count). The van der Waals surface area contributed by atoms with Gasteiger partial charge in [0.15, 0.2) is 5.96 Å². The Kier molecular flexibility index (Phi) is 10.4. The molecule has 1 heterocycles. The number of halogens is 3. The molecule has 0 spiro atoms. The van der Waals surface area contributed by atoms with Gasteiger partial charge in [0.1, 0.15) is 5.75 Å². The number of benzene rings is 1. The van der Waals surface area contributed by atoms with Gasteiger partial charge in [-0.25, -0.2) is 4.99 Å². The van der Waals surface area contributed by atoms with Crippen molar-refractivity contribution in [2.45, 2.75) is 26.5 Å². The van der Waals surface area contributed by atoms with Gasteiger partial charge in [0.25, 0.3) is 0 Å². The van der Waals surface area contributed by atoms with Crippen LogP contribution in [0.25, 0.3) is 0 Å². The van der Waals surface area contributed by atoms with Gasteiger partial charge >= 0.3 is 6.61 Å². The number of ether oxygens (including phenoxy) is 1. The van der Waals surface area contributed by atoms with Crippen molar-refractivity contribution in [3.63, 3.8) is 0 Å². The molecule has 0 bridgehead atoms. The van der Waals surface area contributed by atoms with E-state index in [1.807, 2.05) is 19.1 Å². The molecule has 8 heteroatoms. The fraction of sp³-hybridized carbons (Fsp3) is 0.353. The first-order chi connectivity index (χ1) is 11.7. The van der Waals surface area contributed by atoms with Gasteiger partial charge in [-0.3, -0.25) is 0 Å². The molecule has 1 aromatic carbocycles. The van der Waals surface area contributed by atoms with Crippen LogP contribution in [0.2, 0.25) is 0 Å². The maximum atomic E-state index is 12.3. The highest BCUT2D eigenvalue weighted by atomic mass is 127. The maximum Gasteiger partial charge on any atom is 0.387 e. The third-order valence-electron chi connectivity index (χ3n) is 3.13. The average molecular weight is 481 g/mol. The summed E-state index contributed by atoms with van der Waals surface area (Å²) in [6.45, 7) is 1.09. The van der Waals surface area contributed by atoms with Gasteiger partial charge in [-0.1, -0.05) is 18.2 Å². The van der Waals surface area contributed by atoms with Gasteiger partial charge < -0.3 is 15.4 Å². The summed E-state index contributed by atoms with van der Waals surface area (Å²) >= 11 is 1.73. The largest absolute Gasteiger partial charge is 0.435 e. The monoisotopic (exact) mass is 481 g/mol. The highest BCUT2D eigenvalue weighted by molar-refractivity contribution is 14.0. The number of nitrogens with one attached hydrogen (secondary N) is 2. The number of guanidine groups is 1. The van der Waals surface area contributed by atoms with Crippen LogP contribution in [-0.4, -0.2) is 25.7 Å². The SMILES string of the molecule is CCNC(=NCc1cccc(OC(F)F)c1)NCCc1cccs1.I. The molecule has 0 saturated carbocycles. The number of hydrogen-bond donors (Lipinski definition) is 2.